The fourth-order valence-electron chi connectivity index (χ4n) is 1.58. The van der Waals surface area contributed by atoms with Gasteiger partial charge >= 0.3 is 0 Å². The lowest BCUT2D eigenvalue weighted by Gasteiger charge is -2.10. The first-order valence-electron chi connectivity index (χ1n) is 5.38. The molecule has 0 saturated carbocycles. The Bertz CT molecular complexity index is 570. The van der Waals surface area contributed by atoms with Gasteiger partial charge in [0, 0.05) is 11.9 Å². The van der Waals surface area contributed by atoms with Crippen molar-refractivity contribution < 1.29 is 9.13 Å². The van der Waals surface area contributed by atoms with Gasteiger partial charge in [0.05, 0.1) is 5.02 Å². The predicted octanol–water partition coefficient (Wildman–Crippen LogP) is 5.32. The van der Waals surface area contributed by atoms with E-state index in [-0.39, 0.29) is 5.02 Å². The van der Waals surface area contributed by atoms with Crippen LogP contribution in [0.4, 0.5) is 4.39 Å². The van der Waals surface area contributed by atoms with E-state index in [1.165, 1.54) is 12.1 Å². The number of rotatable bonds is 3. The Balaban J connectivity index is 2.25. The predicted molar refractivity (Wildman–Crippen MR) is 72.2 cm³/mol. The van der Waals surface area contributed by atoms with E-state index in [2.05, 4.69) is 0 Å². The molecule has 0 unspecified atom stereocenters. The number of halogens is 3. The molecule has 0 aliphatic rings. The molecular formula is C14H11Cl2FO. The van der Waals surface area contributed by atoms with Crippen LogP contribution in [0.15, 0.2) is 36.4 Å². The Morgan fingerprint density at radius 2 is 1.94 bits per heavy atom. The summed E-state index contributed by atoms with van der Waals surface area (Å²) in [6, 6.07) is 9.99. The van der Waals surface area contributed by atoms with Crippen LogP contribution in [-0.2, 0) is 5.88 Å². The molecule has 0 amide bonds. The van der Waals surface area contributed by atoms with Gasteiger partial charge in [-0.1, -0.05) is 23.7 Å². The van der Waals surface area contributed by atoms with Gasteiger partial charge in [0.1, 0.15) is 17.3 Å². The Kier molecular flexibility index (Phi) is 4.10. The molecule has 0 aliphatic heterocycles. The highest BCUT2D eigenvalue weighted by atomic mass is 35.5. The van der Waals surface area contributed by atoms with Crippen LogP contribution in [0, 0.1) is 12.7 Å². The van der Waals surface area contributed by atoms with Gasteiger partial charge < -0.3 is 4.74 Å². The maximum absolute atomic E-state index is 13.3. The van der Waals surface area contributed by atoms with Gasteiger partial charge in [-0.25, -0.2) is 4.39 Å². The molecule has 0 aliphatic carbocycles. The first-order chi connectivity index (χ1) is 8.60. The number of hydrogen-bond acceptors (Lipinski definition) is 1. The summed E-state index contributed by atoms with van der Waals surface area (Å²) < 4.78 is 18.9. The van der Waals surface area contributed by atoms with Crippen LogP contribution in [0.5, 0.6) is 11.5 Å². The summed E-state index contributed by atoms with van der Waals surface area (Å²) in [5.74, 6) is 1.05. The van der Waals surface area contributed by atoms with E-state index in [1.54, 1.807) is 6.07 Å². The lowest BCUT2D eigenvalue weighted by Crippen LogP contribution is -1.90. The summed E-state index contributed by atoms with van der Waals surface area (Å²) in [6.45, 7) is 1.91. The van der Waals surface area contributed by atoms with Crippen molar-refractivity contribution in [2.45, 2.75) is 12.8 Å². The van der Waals surface area contributed by atoms with Gasteiger partial charge in [0.2, 0.25) is 0 Å². The fraction of sp³-hybridized carbons (Fsp3) is 0.143. The molecule has 4 heteroatoms. The average Bonchev–Trinajstić information content (AvgIpc) is 2.36. The van der Waals surface area contributed by atoms with E-state index in [9.17, 15) is 4.39 Å². The quantitative estimate of drug-likeness (QED) is 0.693. The Morgan fingerprint density at radius 3 is 2.56 bits per heavy atom. The van der Waals surface area contributed by atoms with Crippen LogP contribution < -0.4 is 4.74 Å². The van der Waals surface area contributed by atoms with E-state index < -0.39 is 5.82 Å². The molecule has 0 N–H and O–H groups in total. The maximum Gasteiger partial charge on any atom is 0.145 e. The van der Waals surface area contributed by atoms with Crippen LogP contribution in [-0.4, -0.2) is 0 Å². The second-order valence-corrected chi connectivity index (χ2v) is 4.59. The summed E-state index contributed by atoms with van der Waals surface area (Å²) in [6.07, 6.45) is 0. The number of hydrogen-bond donors (Lipinski definition) is 0. The third kappa shape index (κ3) is 2.95. The second-order valence-electron chi connectivity index (χ2n) is 3.91. The molecule has 2 rings (SSSR count). The van der Waals surface area contributed by atoms with Crippen LogP contribution in [0.1, 0.15) is 11.1 Å². The smallest absolute Gasteiger partial charge is 0.145 e. The molecular weight excluding hydrogens is 274 g/mol. The zero-order valence-corrected chi connectivity index (χ0v) is 11.2. The first kappa shape index (κ1) is 13.2. The van der Waals surface area contributed by atoms with Crippen molar-refractivity contribution in [2.75, 3.05) is 0 Å². The van der Waals surface area contributed by atoms with Gasteiger partial charge in [-0.15, -0.1) is 11.6 Å². The normalized spacial score (nSPS) is 10.4. The maximum atomic E-state index is 13.3. The van der Waals surface area contributed by atoms with Crippen molar-refractivity contribution in [3.63, 3.8) is 0 Å². The van der Waals surface area contributed by atoms with Crippen LogP contribution in [0.2, 0.25) is 5.02 Å². The van der Waals surface area contributed by atoms with Crippen LogP contribution in [0.25, 0.3) is 0 Å². The highest BCUT2D eigenvalue weighted by Gasteiger charge is 2.05. The largest absolute Gasteiger partial charge is 0.457 e. The number of benzene rings is 2. The third-order valence-electron chi connectivity index (χ3n) is 2.51. The molecule has 0 bridgehead atoms. The third-order valence-corrected chi connectivity index (χ3v) is 3.13. The lowest BCUT2D eigenvalue weighted by atomic mass is 10.1. The molecule has 2 aromatic carbocycles. The van der Waals surface area contributed by atoms with Gasteiger partial charge in [-0.05, 0) is 36.2 Å². The summed E-state index contributed by atoms with van der Waals surface area (Å²) in [7, 11) is 0. The number of alkyl halides is 1. The molecule has 0 aromatic heterocycles. The molecule has 0 radical (unpaired) electrons. The van der Waals surface area contributed by atoms with E-state index in [0.717, 1.165) is 11.1 Å². The van der Waals surface area contributed by atoms with Crippen molar-refractivity contribution in [2.24, 2.45) is 0 Å². The monoisotopic (exact) mass is 284 g/mol. The minimum atomic E-state index is -0.496. The van der Waals surface area contributed by atoms with Gasteiger partial charge in [0.15, 0.2) is 0 Å². The molecule has 0 spiro atoms. The van der Waals surface area contributed by atoms with Crippen molar-refractivity contribution >= 4 is 23.2 Å². The number of aryl methyl sites for hydroxylation is 1. The van der Waals surface area contributed by atoms with Crippen molar-refractivity contribution in [3.05, 3.63) is 58.4 Å². The fourth-order valence-corrected chi connectivity index (χ4v) is 1.86. The average molecular weight is 285 g/mol. The van der Waals surface area contributed by atoms with Crippen LogP contribution >= 0.6 is 23.2 Å². The van der Waals surface area contributed by atoms with Gasteiger partial charge in [0.25, 0.3) is 0 Å². The van der Waals surface area contributed by atoms with E-state index in [1.807, 2.05) is 25.1 Å². The topological polar surface area (TPSA) is 9.23 Å². The van der Waals surface area contributed by atoms with E-state index in [4.69, 9.17) is 27.9 Å². The first-order valence-corrected chi connectivity index (χ1v) is 6.30. The SMILES string of the molecule is Cc1cc(CCl)ccc1Oc1ccc(Cl)c(F)c1. The number of ether oxygens (including phenoxy) is 1. The molecule has 0 heterocycles. The van der Waals surface area contributed by atoms with Gasteiger partial charge in [-0.3, -0.25) is 0 Å². The van der Waals surface area contributed by atoms with E-state index >= 15 is 0 Å². The highest BCUT2D eigenvalue weighted by molar-refractivity contribution is 6.30. The molecule has 0 fully saturated rings. The molecule has 18 heavy (non-hydrogen) atoms. The summed E-state index contributed by atoms with van der Waals surface area (Å²) in [5.41, 5.74) is 1.97. The minimum Gasteiger partial charge on any atom is -0.457 e. The minimum absolute atomic E-state index is 0.0801. The summed E-state index contributed by atoms with van der Waals surface area (Å²) in [5, 5.41) is 0.0801. The Labute approximate surface area is 115 Å². The molecule has 2 aromatic rings. The van der Waals surface area contributed by atoms with Crippen molar-refractivity contribution in [1.29, 1.82) is 0 Å². The zero-order valence-electron chi connectivity index (χ0n) is 9.71. The van der Waals surface area contributed by atoms with Gasteiger partial charge in [-0.2, -0.15) is 0 Å². The summed E-state index contributed by atoms with van der Waals surface area (Å²) in [4.78, 5) is 0. The van der Waals surface area contributed by atoms with Crippen LogP contribution in [0.3, 0.4) is 0 Å². The lowest BCUT2D eigenvalue weighted by molar-refractivity contribution is 0.473. The van der Waals surface area contributed by atoms with Crippen molar-refractivity contribution in [1.82, 2.24) is 0 Å². The molecule has 1 nitrogen and oxygen atoms in total. The molecule has 94 valence electrons. The molecule has 0 saturated heterocycles. The zero-order chi connectivity index (χ0) is 13.1. The summed E-state index contributed by atoms with van der Waals surface area (Å²) >= 11 is 11.4. The van der Waals surface area contributed by atoms with E-state index in [0.29, 0.717) is 17.4 Å². The standard InChI is InChI=1S/C14H11Cl2FO/c1-9-6-10(8-15)2-5-14(9)18-11-3-4-12(16)13(17)7-11/h2-7H,8H2,1H3. The highest BCUT2D eigenvalue weighted by Crippen LogP contribution is 2.28. The Morgan fingerprint density at radius 1 is 1.17 bits per heavy atom. The second kappa shape index (κ2) is 5.59. The molecule has 0 atom stereocenters. The Hall–Kier alpha value is -1.25. The van der Waals surface area contributed by atoms with Crippen molar-refractivity contribution in [3.8, 4) is 11.5 Å².